The second-order valence-electron chi connectivity index (χ2n) is 7.15. The number of piperidine rings is 1. The first-order valence-corrected chi connectivity index (χ1v) is 9.33. The summed E-state index contributed by atoms with van der Waals surface area (Å²) < 4.78 is 38.6. The van der Waals surface area contributed by atoms with Crippen molar-refractivity contribution in [3.63, 3.8) is 0 Å². The van der Waals surface area contributed by atoms with E-state index in [0.717, 1.165) is 25.3 Å². The normalized spacial score (nSPS) is 17.2. The van der Waals surface area contributed by atoms with E-state index in [1.165, 1.54) is 12.1 Å². The second-order valence-corrected chi connectivity index (χ2v) is 7.15. The number of amides is 1. The minimum atomic E-state index is -4.34. The fourth-order valence-corrected chi connectivity index (χ4v) is 3.70. The number of hydrogen-bond acceptors (Lipinski definition) is 2. The molecule has 146 valence electrons. The highest BCUT2D eigenvalue weighted by Crippen LogP contribution is 2.30. The Bertz CT molecular complexity index is 886. The molecule has 2 aromatic rings. The maximum atomic E-state index is 12.9. The van der Waals surface area contributed by atoms with Crippen molar-refractivity contribution in [2.24, 2.45) is 5.92 Å². The maximum absolute atomic E-state index is 12.9. The summed E-state index contributed by atoms with van der Waals surface area (Å²) in [5, 5.41) is 9.21. The summed E-state index contributed by atoms with van der Waals surface area (Å²) in [6.07, 6.45) is -1.26. The highest BCUT2D eigenvalue weighted by atomic mass is 19.4. The lowest BCUT2D eigenvalue weighted by atomic mass is 9.91. The molecule has 0 saturated carbocycles. The van der Waals surface area contributed by atoms with E-state index in [0.29, 0.717) is 36.2 Å². The lowest BCUT2D eigenvalue weighted by Crippen LogP contribution is -2.40. The van der Waals surface area contributed by atoms with Crippen LogP contribution in [0.1, 0.15) is 46.3 Å². The summed E-state index contributed by atoms with van der Waals surface area (Å²) in [6, 6.07) is 14.2. The maximum Gasteiger partial charge on any atom is 0.416 e. The molecule has 1 heterocycles. The number of nitriles is 1. The molecule has 0 bridgehead atoms. The summed E-state index contributed by atoms with van der Waals surface area (Å²) in [6.45, 7) is 1.20. The Morgan fingerprint density at radius 3 is 2.71 bits per heavy atom. The molecule has 3 rings (SSSR count). The predicted octanol–water partition coefficient (Wildman–Crippen LogP) is 5.06. The molecule has 3 nitrogen and oxygen atoms in total. The summed E-state index contributed by atoms with van der Waals surface area (Å²) >= 11 is 0. The van der Waals surface area contributed by atoms with Crippen LogP contribution in [0.15, 0.2) is 48.5 Å². The van der Waals surface area contributed by atoms with E-state index >= 15 is 0 Å². The van der Waals surface area contributed by atoms with Gasteiger partial charge in [0.2, 0.25) is 0 Å². The van der Waals surface area contributed by atoms with Crippen molar-refractivity contribution in [1.82, 2.24) is 4.90 Å². The zero-order valence-corrected chi connectivity index (χ0v) is 15.4. The molecule has 1 atom stereocenters. The third-order valence-corrected chi connectivity index (χ3v) is 5.18. The number of benzene rings is 2. The fourth-order valence-electron chi connectivity index (χ4n) is 3.70. The SMILES string of the molecule is N#Cc1ccccc1C(=O)N1CCC[C@@H](CCc2cccc(C(F)(F)F)c2)C1. The molecule has 0 aliphatic carbocycles. The van der Waals surface area contributed by atoms with Gasteiger partial charge in [-0.05, 0) is 55.4 Å². The van der Waals surface area contributed by atoms with E-state index in [1.807, 2.05) is 0 Å². The standard InChI is InChI=1S/C22H21F3N2O/c23-22(24,25)19-8-3-5-16(13-19)10-11-17-6-4-12-27(15-17)21(28)20-9-2-1-7-18(20)14-26/h1-3,5,7-9,13,17H,4,6,10-12,15H2/t17-/m0/s1. The van der Waals surface area contributed by atoms with Crippen molar-refractivity contribution in [3.8, 4) is 6.07 Å². The number of hydrogen-bond donors (Lipinski definition) is 0. The second kappa shape index (κ2) is 8.47. The van der Waals surface area contributed by atoms with Crippen LogP contribution < -0.4 is 0 Å². The number of likely N-dealkylation sites (tertiary alicyclic amines) is 1. The van der Waals surface area contributed by atoms with Crippen LogP contribution in [0.3, 0.4) is 0 Å². The smallest absolute Gasteiger partial charge is 0.338 e. The predicted molar refractivity (Wildman–Crippen MR) is 99.5 cm³/mol. The number of carbonyl (C=O) groups excluding carboxylic acids is 1. The summed E-state index contributed by atoms with van der Waals surface area (Å²) in [4.78, 5) is 14.6. The van der Waals surface area contributed by atoms with Crippen LogP contribution in [-0.2, 0) is 12.6 Å². The summed E-state index contributed by atoms with van der Waals surface area (Å²) in [5.74, 6) is 0.0856. The minimum absolute atomic E-state index is 0.152. The molecule has 1 aliphatic rings. The van der Waals surface area contributed by atoms with Gasteiger partial charge in [-0.15, -0.1) is 0 Å². The lowest BCUT2D eigenvalue weighted by molar-refractivity contribution is -0.137. The molecule has 2 aromatic carbocycles. The van der Waals surface area contributed by atoms with E-state index in [4.69, 9.17) is 0 Å². The zero-order chi connectivity index (χ0) is 20.1. The van der Waals surface area contributed by atoms with E-state index < -0.39 is 11.7 Å². The van der Waals surface area contributed by atoms with Crippen LogP contribution in [-0.4, -0.2) is 23.9 Å². The number of aryl methyl sites for hydroxylation is 1. The minimum Gasteiger partial charge on any atom is -0.338 e. The highest BCUT2D eigenvalue weighted by Gasteiger charge is 2.30. The van der Waals surface area contributed by atoms with Crippen LogP contribution in [0.5, 0.6) is 0 Å². The molecule has 0 N–H and O–H groups in total. The zero-order valence-electron chi connectivity index (χ0n) is 15.4. The first-order valence-electron chi connectivity index (χ1n) is 9.33. The van der Waals surface area contributed by atoms with Crippen LogP contribution >= 0.6 is 0 Å². The van der Waals surface area contributed by atoms with Gasteiger partial charge in [0.15, 0.2) is 0 Å². The number of halogens is 3. The Kier molecular flexibility index (Phi) is 6.03. The van der Waals surface area contributed by atoms with Crippen molar-refractivity contribution in [3.05, 3.63) is 70.8 Å². The van der Waals surface area contributed by atoms with Gasteiger partial charge in [0, 0.05) is 13.1 Å². The van der Waals surface area contributed by atoms with Gasteiger partial charge in [-0.1, -0.05) is 30.3 Å². The molecule has 1 amide bonds. The number of alkyl halides is 3. The van der Waals surface area contributed by atoms with Gasteiger partial charge in [0.05, 0.1) is 22.8 Å². The molecule has 0 radical (unpaired) electrons. The van der Waals surface area contributed by atoms with Gasteiger partial charge in [-0.2, -0.15) is 18.4 Å². The molecule has 1 aliphatic heterocycles. The average molecular weight is 386 g/mol. The Morgan fingerprint density at radius 2 is 1.96 bits per heavy atom. The topological polar surface area (TPSA) is 44.1 Å². The average Bonchev–Trinajstić information content (AvgIpc) is 2.71. The lowest BCUT2D eigenvalue weighted by Gasteiger charge is -2.33. The summed E-state index contributed by atoms with van der Waals surface area (Å²) in [7, 11) is 0. The molecule has 0 unspecified atom stereocenters. The van der Waals surface area contributed by atoms with Gasteiger partial charge >= 0.3 is 6.18 Å². The van der Waals surface area contributed by atoms with Crippen molar-refractivity contribution >= 4 is 5.91 Å². The molecule has 1 saturated heterocycles. The Hall–Kier alpha value is -2.81. The van der Waals surface area contributed by atoms with Gasteiger partial charge < -0.3 is 4.90 Å². The third kappa shape index (κ3) is 4.72. The molecule has 28 heavy (non-hydrogen) atoms. The number of rotatable bonds is 4. The number of carbonyl (C=O) groups is 1. The van der Waals surface area contributed by atoms with Crippen LogP contribution in [0.25, 0.3) is 0 Å². The van der Waals surface area contributed by atoms with Gasteiger partial charge in [-0.3, -0.25) is 4.79 Å². The molecule has 0 spiro atoms. The monoisotopic (exact) mass is 386 g/mol. The van der Waals surface area contributed by atoms with Crippen LogP contribution in [0, 0.1) is 17.2 Å². The first-order chi connectivity index (χ1) is 13.4. The molecular weight excluding hydrogens is 365 g/mol. The number of nitrogens with zero attached hydrogens (tertiary/aromatic N) is 2. The van der Waals surface area contributed by atoms with Gasteiger partial charge in [0.1, 0.15) is 0 Å². The van der Waals surface area contributed by atoms with Crippen LogP contribution in [0.2, 0.25) is 0 Å². The van der Waals surface area contributed by atoms with Crippen molar-refractivity contribution in [2.45, 2.75) is 31.9 Å². The van der Waals surface area contributed by atoms with Crippen LogP contribution in [0.4, 0.5) is 13.2 Å². The highest BCUT2D eigenvalue weighted by molar-refractivity contribution is 5.96. The third-order valence-electron chi connectivity index (χ3n) is 5.18. The molecule has 6 heteroatoms. The summed E-state index contributed by atoms with van der Waals surface area (Å²) in [5.41, 5.74) is 0.800. The molecule has 1 fully saturated rings. The van der Waals surface area contributed by atoms with Crippen molar-refractivity contribution in [1.29, 1.82) is 5.26 Å². The van der Waals surface area contributed by atoms with Gasteiger partial charge in [0.25, 0.3) is 5.91 Å². The van der Waals surface area contributed by atoms with E-state index in [9.17, 15) is 23.2 Å². The molecular formula is C22H21F3N2O. The quantitative estimate of drug-likeness (QED) is 0.737. The first kappa shape index (κ1) is 19.9. The van der Waals surface area contributed by atoms with Crippen molar-refractivity contribution < 1.29 is 18.0 Å². The Labute approximate surface area is 162 Å². The van der Waals surface area contributed by atoms with E-state index in [2.05, 4.69) is 6.07 Å². The van der Waals surface area contributed by atoms with E-state index in [-0.39, 0.29) is 11.8 Å². The Morgan fingerprint density at radius 1 is 1.18 bits per heavy atom. The fraction of sp³-hybridized carbons (Fsp3) is 0.364. The molecule has 0 aromatic heterocycles. The van der Waals surface area contributed by atoms with E-state index in [1.54, 1.807) is 35.2 Å². The van der Waals surface area contributed by atoms with Crippen molar-refractivity contribution in [2.75, 3.05) is 13.1 Å². The van der Waals surface area contributed by atoms with Gasteiger partial charge in [-0.25, -0.2) is 0 Å². The Balaban J connectivity index is 1.63. The largest absolute Gasteiger partial charge is 0.416 e.